The van der Waals surface area contributed by atoms with Crippen LogP contribution in [0.5, 0.6) is 0 Å². The van der Waals surface area contributed by atoms with E-state index in [1.165, 1.54) is 24.4 Å². The van der Waals surface area contributed by atoms with Crippen LogP contribution in [0.1, 0.15) is 0 Å². The lowest BCUT2D eigenvalue weighted by atomic mass is 10.3. The van der Waals surface area contributed by atoms with Gasteiger partial charge in [-0.15, -0.1) is 0 Å². The van der Waals surface area contributed by atoms with Crippen molar-refractivity contribution in [1.29, 1.82) is 0 Å². The molecule has 82 valence electrons. The summed E-state index contributed by atoms with van der Waals surface area (Å²) in [7, 11) is 0. The van der Waals surface area contributed by atoms with Crippen molar-refractivity contribution in [1.82, 2.24) is 4.98 Å². The molecule has 0 saturated carbocycles. The molecule has 0 aliphatic carbocycles. The molecule has 0 aliphatic rings. The van der Waals surface area contributed by atoms with Gasteiger partial charge in [0, 0.05) is 11.2 Å². The first-order valence-electron chi connectivity index (χ1n) is 4.49. The van der Waals surface area contributed by atoms with Crippen LogP contribution in [-0.2, 0) is 0 Å². The normalized spacial score (nSPS) is 10.2. The lowest BCUT2D eigenvalue weighted by Gasteiger charge is -2.06. The molecule has 1 aromatic heterocycles. The minimum atomic E-state index is -0.388. The van der Waals surface area contributed by atoms with Gasteiger partial charge in [-0.1, -0.05) is 23.2 Å². The lowest BCUT2D eigenvalue weighted by molar-refractivity contribution is 0.632. The fourth-order valence-electron chi connectivity index (χ4n) is 1.18. The van der Waals surface area contributed by atoms with Crippen LogP contribution in [0.25, 0.3) is 0 Å². The number of halogens is 3. The van der Waals surface area contributed by atoms with Crippen LogP contribution >= 0.6 is 23.2 Å². The van der Waals surface area contributed by atoms with Crippen LogP contribution in [0.4, 0.5) is 15.9 Å². The Morgan fingerprint density at radius 2 is 1.81 bits per heavy atom. The van der Waals surface area contributed by atoms with E-state index >= 15 is 0 Å². The largest absolute Gasteiger partial charge is 0.338 e. The molecule has 0 saturated heterocycles. The molecule has 0 spiro atoms. The smallest absolute Gasteiger partial charge is 0.146 e. The SMILES string of the molecule is Fc1ccc(Cl)cc1Nc1ccc(Cl)cn1. The number of benzene rings is 1. The van der Waals surface area contributed by atoms with E-state index in [1.54, 1.807) is 12.1 Å². The third-order valence-electron chi connectivity index (χ3n) is 1.92. The van der Waals surface area contributed by atoms with E-state index in [-0.39, 0.29) is 11.5 Å². The molecule has 0 atom stereocenters. The van der Waals surface area contributed by atoms with E-state index in [9.17, 15) is 4.39 Å². The van der Waals surface area contributed by atoms with Gasteiger partial charge in [-0.2, -0.15) is 0 Å². The van der Waals surface area contributed by atoms with Crippen molar-refractivity contribution in [3.05, 3.63) is 52.4 Å². The topological polar surface area (TPSA) is 24.9 Å². The van der Waals surface area contributed by atoms with Crippen LogP contribution in [0.15, 0.2) is 36.5 Å². The molecular weight excluding hydrogens is 250 g/mol. The third kappa shape index (κ3) is 2.62. The zero-order chi connectivity index (χ0) is 11.5. The molecule has 1 N–H and O–H groups in total. The number of nitrogens with one attached hydrogen (secondary N) is 1. The zero-order valence-corrected chi connectivity index (χ0v) is 9.56. The molecule has 0 aliphatic heterocycles. The van der Waals surface area contributed by atoms with Gasteiger partial charge >= 0.3 is 0 Å². The Morgan fingerprint density at radius 1 is 1.06 bits per heavy atom. The molecule has 0 fully saturated rings. The van der Waals surface area contributed by atoms with E-state index in [0.29, 0.717) is 15.9 Å². The number of anilines is 2. The maximum absolute atomic E-state index is 13.4. The summed E-state index contributed by atoms with van der Waals surface area (Å²) in [6.45, 7) is 0. The highest BCUT2D eigenvalue weighted by molar-refractivity contribution is 6.31. The second-order valence-corrected chi connectivity index (χ2v) is 3.98. The minimum absolute atomic E-state index is 0.280. The van der Waals surface area contributed by atoms with Crippen molar-refractivity contribution >= 4 is 34.7 Å². The Balaban J connectivity index is 2.26. The van der Waals surface area contributed by atoms with Gasteiger partial charge in [-0.3, -0.25) is 0 Å². The van der Waals surface area contributed by atoms with Crippen molar-refractivity contribution in [3.63, 3.8) is 0 Å². The quantitative estimate of drug-likeness (QED) is 0.868. The summed E-state index contributed by atoms with van der Waals surface area (Å²) in [6.07, 6.45) is 1.48. The average molecular weight is 257 g/mol. The molecule has 1 heterocycles. The fraction of sp³-hybridized carbons (Fsp3) is 0. The number of hydrogen-bond acceptors (Lipinski definition) is 2. The summed E-state index contributed by atoms with van der Waals surface area (Å²) in [4.78, 5) is 3.99. The van der Waals surface area contributed by atoms with Crippen LogP contribution in [0.3, 0.4) is 0 Å². The molecular formula is C11H7Cl2FN2. The molecule has 0 unspecified atom stereocenters. The maximum atomic E-state index is 13.4. The molecule has 0 bridgehead atoms. The number of aromatic nitrogens is 1. The molecule has 2 rings (SSSR count). The first-order chi connectivity index (χ1) is 7.65. The van der Waals surface area contributed by atoms with E-state index in [2.05, 4.69) is 10.3 Å². The molecule has 0 radical (unpaired) electrons. The fourth-order valence-corrected chi connectivity index (χ4v) is 1.46. The van der Waals surface area contributed by atoms with Crippen molar-refractivity contribution in [2.45, 2.75) is 0 Å². The van der Waals surface area contributed by atoms with Gasteiger partial charge in [-0.05, 0) is 30.3 Å². The van der Waals surface area contributed by atoms with Crippen LogP contribution in [-0.4, -0.2) is 4.98 Å². The Bertz CT molecular complexity index is 500. The molecule has 2 nitrogen and oxygen atoms in total. The summed E-state index contributed by atoms with van der Waals surface area (Å²) in [5.41, 5.74) is 0.280. The van der Waals surface area contributed by atoms with E-state index < -0.39 is 0 Å². The van der Waals surface area contributed by atoms with Gasteiger partial charge in [0.1, 0.15) is 11.6 Å². The summed E-state index contributed by atoms with van der Waals surface area (Å²) < 4.78 is 13.4. The third-order valence-corrected chi connectivity index (χ3v) is 2.38. The number of rotatable bonds is 2. The molecule has 1 aromatic carbocycles. The number of hydrogen-bond donors (Lipinski definition) is 1. The van der Waals surface area contributed by atoms with Crippen molar-refractivity contribution < 1.29 is 4.39 Å². The highest BCUT2D eigenvalue weighted by Crippen LogP contribution is 2.23. The minimum Gasteiger partial charge on any atom is -0.338 e. The van der Waals surface area contributed by atoms with Crippen LogP contribution < -0.4 is 5.32 Å². The van der Waals surface area contributed by atoms with E-state index in [1.807, 2.05) is 0 Å². The van der Waals surface area contributed by atoms with E-state index in [0.717, 1.165) is 0 Å². The van der Waals surface area contributed by atoms with Crippen LogP contribution in [0, 0.1) is 5.82 Å². The lowest BCUT2D eigenvalue weighted by Crippen LogP contribution is -1.95. The average Bonchev–Trinajstić information content (AvgIpc) is 2.27. The zero-order valence-electron chi connectivity index (χ0n) is 8.05. The summed E-state index contributed by atoms with van der Waals surface area (Å²) in [5.74, 6) is 0.117. The standard InChI is InChI=1S/C11H7Cl2FN2/c12-7-1-3-9(14)10(5-7)16-11-4-2-8(13)6-15-11/h1-6H,(H,15,16). The highest BCUT2D eigenvalue weighted by Gasteiger charge is 2.03. The highest BCUT2D eigenvalue weighted by atomic mass is 35.5. The van der Waals surface area contributed by atoms with Gasteiger partial charge in [0.25, 0.3) is 0 Å². The summed E-state index contributed by atoms with van der Waals surface area (Å²) >= 11 is 11.4. The Hall–Kier alpha value is -1.32. The first kappa shape index (κ1) is 11.2. The van der Waals surface area contributed by atoms with Crippen molar-refractivity contribution in [2.75, 3.05) is 5.32 Å². The molecule has 5 heteroatoms. The van der Waals surface area contributed by atoms with E-state index in [4.69, 9.17) is 23.2 Å². The van der Waals surface area contributed by atoms with Crippen molar-refractivity contribution in [2.24, 2.45) is 0 Å². The predicted molar refractivity (Wildman–Crippen MR) is 63.9 cm³/mol. The van der Waals surface area contributed by atoms with Gasteiger partial charge < -0.3 is 5.32 Å². The monoisotopic (exact) mass is 256 g/mol. The Morgan fingerprint density at radius 3 is 2.50 bits per heavy atom. The molecule has 2 aromatic rings. The summed E-state index contributed by atoms with van der Waals surface area (Å²) in [5, 5.41) is 3.79. The van der Waals surface area contributed by atoms with Crippen molar-refractivity contribution in [3.8, 4) is 0 Å². The predicted octanol–water partition coefficient (Wildman–Crippen LogP) is 4.27. The Labute approximate surface area is 102 Å². The number of nitrogens with zero attached hydrogens (tertiary/aromatic N) is 1. The van der Waals surface area contributed by atoms with Gasteiger partial charge in [0.15, 0.2) is 0 Å². The van der Waals surface area contributed by atoms with Gasteiger partial charge in [0.05, 0.1) is 10.7 Å². The first-order valence-corrected chi connectivity index (χ1v) is 5.24. The van der Waals surface area contributed by atoms with Gasteiger partial charge in [0.2, 0.25) is 0 Å². The molecule has 0 amide bonds. The molecule has 16 heavy (non-hydrogen) atoms. The van der Waals surface area contributed by atoms with Crippen LogP contribution in [0.2, 0.25) is 10.0 Å². The second kappa shape index (κ2) is 4.68. The number of pyridine rings is 1. The second-order valence-electron chi connectivity index (χ2n) is 3.11. The Kier molecular flexibility index (Phi) is 3.27. The van der Waals surface area contributed by atoms with Gasteiger partial charge in [-0.25, -0.2) is 9.37 Å². The maximum Gasteiger partial charge on any atom is 0.146 e. The summed E-state index contributed by atoms with van der Waals surface area (Å²) in [6, 6.07) is 7.59.